The number of para-hydroxylation sites is 1. The van der Waals surface area contributed by atoms with E-state index in [4.69, 9.17) is 0 Å². The monoisotopic (exact) mass is 402 g/mol. The zero-order valence-electron chi connectivity index (χ0n) is 17.3. The van der Waals surface area contributed by atoms with E-state index in [1.165, 1.54) is 11.3 Å². The van der Waals surface area contributed by atoms with Gasteiger partial charge in [0, 0.05) is 37.6 Å². The zero-order chi connectivity index (χ0) is 20.9. The number of anilines is 4. The van der Waals surface area contributed by atoms with Gasteiger partial charge in [-0.05, 0) is 49.2 Å². The molecule has 2 aromatic carbocycles. The summed E-state index contributed by atoms with van der Waals surface area (Å²) in [5.74, 6) is 0.683. The molecule has 0 bridgehead atoms. The van der Waals surface area contributed by atoms with E-state index in [1.54, 1.807) is 12.4 Å². The molecule has 0 radical (unpaired) electrons. The summed E-state index contributed by atoms with van der Waals surface area (Å²) in [5, 5.41) is 5.62. The number of hydrogen-bond donors (Lipinski definition) is 2. The lowest BCUT2D eigenvalue weighted by molar-refractivity contribution is 0.262. The third kappa shape index (κ3) is 4.68. The summed E-state index contributed by atoms with van der Waals surface area (Å²) in [5.41, 5.74) is 4.88. The van der Waals surface area contributed by atoms with Crippen molar-refractivity contribution in [3.05, 3.63) is 72.1 Å². The molecule has 4 rings (SSSR count). The van der Waals surface area contributed by atoms with Gasteiger partial charge in [-0.2, -0.15) is 0 Å². The second-order valence-corrected chi connectivity index (χ2v) is 7.46. The number of carbonyl (C=O) groups is 1. The number of hydrogen-bond acceptors (Lipinski definition) is 5. The quantitative estimate of drug-likeness (QED) is 0.688. The fraction of sp³-hybridized carbons (Fsp3) is 0.261. The van der Waals surface area contributed by atoms with Crippen molar-refractivity contribution in [1.29, 1.82) is 0 Å². The number of nitrogens with zero attached hydrogens (tertiary/aromatic N) is 4. The van der Waals surface area contributed by atoms with Crippen LogP contribution in [0.3, 0.4) is 0 Å². The molecule has 0 saturated carbocycles. The Labute approximate surface area is 176 Å². The first-order chi connectivity index (χ1) is 14.6. The Balaban J connectivity index is 1.31. The minimum absolute atomic E-state index is 0.314. The minimum Gasteiger partial charge on any atom is -0.368 e. The molecule has 1 aliphatic heterocycles. The summed E-state index contributed by atoms with van der Waals surface area (Å²) in [6.45, 7) is 7.62. The first-order valence-electron chi connectivity index (χ1n) is 10.1. The average molecular weight is 403 g/mol. The van der Waals surface area contributed by atoms with Crippen LogP contribution in [0.2, 0.25) is 0 Å². The van der Waals surface area contributed by atoms with Crippen molar-refractivity contribution in [2.24, 2.45) is 0 Å². The van der Waals surface area contributed by atoms with Crippen LogP contribution in [0.1, 0.15) is 11.1 Å². The lowest BCUT2D eigenvalue weighted by Gasteiger charge is -2.36. The van der Waals surface area contributed by atoms with E-state index < -0.39 is 0 Å². The highest BCUT2D eigenvalue weighted by molar-refractivity contribution is 5.99. The molecule has 7 heteroatoms. The maximum Gasteiger partial charge on any atom is 0.323 e. The highest BCUT2D eigenvalue weighted by Crippen LogP contribution is 2.19. The van der Waals surface area contributed by atoms with Crippen LogP contribution in [0.25, 0.3) is 0 Å². The minimum atomic E-state index is -0.314. The normalized spacial score (nSPS) is 13.8. The predicted molar refractivity (Wildman–Crippen MR) is 121 cm³/mol. The molecule has 7 nitrogen and oxygen atoms in total. The molecule has 30 heavy (non-hydrogen) atoms. The van der Waals surface area contributed by atoms with Crippen molar-refractivity contribution < 1.29 is 4.79 Å². The highest BCUT2D eigenvalue weighted by atomic mass is 16.2. The summed E-state index contributed by atoms with van der Waals surface area (Å²) < 4.78 is 0. The highest BCUT2D eigenvalue weighted by Gasteiger charge is 2.19. The van der Waals surface area contributed by atoms with E-state index in [-0.39, 0.29) is 6.03 Å². The lowest BCUT2D eigenvalue weighted by Crippen LogP contribution is -2.47. The molecule has 0 unspecified atom stereocenters. The maximum absolute atomic E-state index is 12.2. The van der Waals surface area contributed by atoms with Crippen molar-refractivity contribution in [3.63, 3.8) is 0 Å². The van der Waals surface area contributed by atoms with Gasteiger partial charge < -0.3 is 20.4 Å². The number of rotatable bonds is 4. The molecule has 2 heterocycles. The number of piperazine rings is 1. The van der Waals surface area contributed by atoms with Crippen molar-refractivity contribution in [1.82, 2.24) is 9.97 Å². The first kappa shape index (κ1) is 19.7. The smallest absolute Gasteiger partial charge is 0.323 e. The molecule has 0 spiro atoms. The Bertz CT molecular complexity index is 998. The number of aryl methyl sites for hydroxylation is 2. The molecule has 2 amide bonds. The summed E-state index contributed by atoms with van der Waals surface area (Å²) >= 11 is 0. The van der Waals surface area contributed by atoms with E-state index >= 15 is 0 Å². The third-order valence-corrected chi connectivity index (χ3v) is 5.34. The maximum atomic E-state index is 12.2. The van der Waals surface area contributed by atoms with Gasteiger partial charge in [0.05, 0.1) is 18.1 Å². The van der Waals surface area contributed by atoms with Gasteiger partial charge in [-0.3, -0.25) is 0 Å². The number of carbonyl (C=O) groups excluding carboxylic acids is 1. The Morgan fingerprint density at radius 2 is 1.43 bits per heavy atom. The predicted octanol–water partition coefficient (Wildman–Crippen LogP) is 4.06. The van der Waals surface area contributed by atoms with Crippen molar-refractivity contribution in [2.75, 3.05) is 46.6 Å². The van der Waals surface area contributed by atoms with E-state index in [9.17, 15) is 4.79 Å². The second-order valence-electron chi connectivity index (χ2n) is 7.46. The molecular weight excluding hydrogens is 376 g/mol. The molecule has 0 aliphatic carbocycles. The van der Waals surface area contributed by atoms with Gasteiger partial charge in [0.25, 0.3) is 0 Å². The van der Waals surface area contributed by atoms with E-state index in [2.05, 4.69) is 54.7 Å². The van der Waals surface area contributed by atoms with Gasteiger partial charge >= 0.3 is 6.03 Å². The Hall–Kier alpha value is -3.61. The summed E-state index contributed by atoms with van der Waals surface area (Å²) in [6.07, 6.45) is 3.29. The molecule has 154 valence electrons. The first-order valence-corrected chi connectivity index (χ1v) is 10.1. The third-order valence-electron chi connectivity index (χ3n) is 5.34. The van der Waals surface area contributed by atoms with Crippen LogP contribution < -0.4 is 20.4 Å². The number of nitrogens with one attached hydrogen (secondary N) is 2. The van der Waals surface area contributed by atoms with Crippen LogP contribution >= 0.6 is 0 Å². The van der Waals surface area contributed by atoms with Crippen LogP contribution in [-0.4, -0.2) is 42.2 Å². The summed E-state index contributed by atoms with van der Waals surface area (Å²) in [7, 11) is 0. The molecule has 0 atom stereocenters. The van der Waals surface area contributed by atoms with Crippen molar-refractivity contribution in [2.45, 2.75) is 13.8 Å². The Morgan fingerprint density at radius 3 is 2.10 bits per heavy atom. The summed E-state index contributed by atoms with van der Waals surface area (Å²) in [6, 6.07) is 15.9. The average Bonchev–Trinajstić information content (AvgIpc) is 2.77. The molecule has 1 aliphatic rings. The van der Waals surface area contributed by atoms with Gasteiger partial charge in [0.2, 0.25) is 5.95 Å². The van der Waals surface area contributed by atoms with Gasteiger partial charge in [-0.15, -0.1) is 0 Å². The SMILES string of the molecule is Cc1ccc(NC(=O)Nc2cnc(N3CCN(c4ccccc4)CC3)nc2)cc1C. The van der Waals surface area contributed by atoms with E-state index in [0.29, 0.717) is 11.6 Å². The molecular formula is C23H26N6O. The van der Waals surface area contributed by atoms with Gasteiger partial charge in [-0.1, -0.05) is 24.3 Å². The van der Waals surface area contributed by atoms with Crippen molar-refractivity contribution >= 4 is 29.0 Å². The fourth-order valence-electron chi connectivity index (χ4n) is 3.47. The zero-order valence-corrected chi connectivity index (χ0v) is 17.3. The standard InChI is InChI=1S/C23H26N6O/c1-17-8-9-19(14-18(17)2)26-23(30)27-20-15-24-22(25-16-20)29-12-10-28(11-13-29)21-6-4-3-5-7-21/h3-9,14-16H,10-13H2,1-2H3,(H2,26,27,30). The fourth-order valence-corrected chi connectivity index (χ4v) is 3.47. The van der Waals surface area contributed by atoms with Crippen LogP contribution in [0.4, 0.5) is 27.8 Å². The van der Waals surface area contributed by atoms with Crippen LogP contribution in [0.5, 0.6) is 0 Å². The van der Waals surface area contributed by atoms with Gasteiger partial charge in [-0.25, -0.2) is 14.8 Å². The molecule has 1 saturated heterocycles. The van der Waals surface area contributed by atoms with Crippen LogP contribution in [0.15, 0.2) is 60.9 Å². The summed E-state index contributed by atoms with van der Waals surface area (Å²) in [4.78, 5) is 25.7. The molecule has 3 aromatic rings. The number of benzene rings is 2. The van der Waals surface area contributed by atoms with Crippen LogP contribution in [0, 0.1) is 13.8 Å². The number of aromatic nitrogens is 2. The van der Waals surface area contributed by atoms with E-state index in [0.717, 1.165) is 37.4 Å². The second kappa shape index (κ2) is 8.82. The number of urea groups is 1. The Kier molecular flexibility index (Phi) is 5.79. The van der Waals surface area contributed by atoms with Crippen LogP contribution in [-0.2, 0) is 0 Å². The lowest BCUT2D eigenvalue weighted by atomic mass is 10.1. The molecule has 2 N–H and O–H groups in total. The number of amides is 2. The van der Waals surface area contributed by atoms with Gasteiger partial charge in [0.15, 0.2) is 0 Å². The van der Waals surface area contributed by atoms with Crippen molar-refractivity contribution in [3.8, 4) is 0 Å². The molecule has 1 aromatic heterocycles. The largest absolute Gasteiger partial charge is 0.368 e. The van der Waals surface area contributed by atoms with Gasteiger partial charge in [0.1, 0.15) is 0 Å². The topological polar surface area (TPSA) is 73.4 Å². The Morgan fingerprint density at radius 1 is 0.800 bits per heavy atom. The van der Waals surface area contributed by atoms with E-state index in [1.807, 2.05) is 38.1 Å². The molecule has 1 fully saturated rings.